The van der Waals surface area contributed by atoms with E-state index in [-0.39, 0.29) is 11.0 Å². The van der Waals surface area contributed by atoms with Crippen LogP contribution in [0.5, 0.6) is 0 Å². The van der Waals surface area contributed by atoms with Gasteiger partial charge in [0.15, 0.2) is 0 Å². The molecule has 56 valence electrons. The van der Waals surface area contributed by atoms with Crippen molar-refractivity contribution in [2.75, 3.05) is 0 Å². The molecule has 2 N–H and O–H groups in total. The summed E-state index contributed by atoms with van der Waals surface area (Å²) in [6.07, 6.45) is 0. The van der Waals surface area contributed by atoms with Gasteiger partial charge in [-0.15, -0.1) is 0 Å². The summed E-state index contributed by atoms with van der Waals surface area (Å²) in [7, 11) is 0. The molecule has 0 aromatic heterocycles. The Morgan fingerprint density at radius 3 is 1.00 bits per heavy atom. The molecule has 0 amide bonds. The average Bonchev–Trinajstić information content (AvgIpc) is 1.27. The van der Waals surface area contributed by atoms with E-state index in [2.05, 4.69) is 27.7 Å². The zero-order valence-corrected chi connectivity index (χ0v) is 8.11. The Hall–Kier alpha value is 0.634. The molecule has 0 bridgehead atoms. The minimum absolute atomic E-state index is 0. The zero-order chi connectivity index (χ0) is 5.86. The first-order valence-electron chi connectivity index (χ1n) is 2.89. The largest absolute Gasteiger partial charge is 0.870 e. The van der Waals surface area contributed by atoms with Crippen molar-refractivity contribution in [2.24, 2.45) is 0 Å². The van der Waals surface area contributed by atoms with Crippen LogP contribution in [-0.2, 0) is 19.2 Å². The molecule has 0 aromatic rings. The van der Waals surface area contributed by atoms with Crippen molar-refractivity contribution in [3.05, 3.63) is 0 Å². The van der Waals surface area contributed by atoms with Gasteiger partial charge in [-0.05, 0) is 0 Å². The first-order chi connectivity index (χ1) is 3.13. The van der Waals surface area contributed by atoms with E-state index in [0.29, 0.717) is 19.2 Å². The third kappa shape index (κ3) is 17.7. The van der Waals surface area contributed by atoms with Gasteiger partial charge in [0.2, 0.25) is 0 Å². The third-order valence-electron chi connectivity index (χ3n) is 0.667. The van der Waals surface area contributed by atoms with Crippen LogP contribution in [0.25, 0.3) is 0 Å². The molecule has 0 aliphatic heterocycles. The molecule has 3 heteroatoms. The Balaban J connectivity index is -0.000000180. The van der Waals surface area contributed by atoms with Crippen LogP contribution in [0.15, 0.2) is 0 Å². The Morgan fingerprint density at radius 1 is 0.778 bits per heavy atom. The first-order valence-corrected chi connectivity index (χ1v) is 4.69. The minimum Gasteiger partial charge on any atom is -0.870 e. The molecule has 0 heterocycles. The molecule has 9 heavy (non-hydrogen) atoms. The van der Waals surface area contributed by atoms with Crippen LogP contribution in [0.4, 0.5) is 0 Å². The second-order valence-electron chi connectivity index (χ2n) is 2.48. The smallest absolute Gasteiger partial charge is 0.870 e. The van der Waals surface area contributed by atoms with Gasteiger partial charge in [-0.1, -0.05) is 0 Å². The van der Waals surface area contributed by atoms with Crippen molar-refractivity contribution in [2.45, 2.75) is 36.1 Å². The fraction of sp³-hybridized carbons (Fsp3) is 1.00. The number of hydrogen-bond acceptors (Lipinski definition) is 2. The molecule has 0 radical (unpaired) electrons. The first kappa shape index (κ1) is 16.3. The summed E-state index contributed by atoms with van der Waals surface area (Å²) in [6.45, 7) is 9.28. The molecule has 2 nitrogen and oxygen atoms in total. The SMILES string of the molecule is C[CH](C)[Ti+2][CH](C)C.[OH-].[OH-]. The fourth-order valence-corrected chi connectivity index (χ4v) is 2.75. The minimum atomic E-state index is 0. The summed E-state index contributed by atoms with van der Waals surface area (Å²) in [5, 5.41) is 0. The van der Waals surface area contributed by atoms with Gasteiger partial charge >= 0.3 is 55.3 Å². The van der Waals surface area contributed by atoms with E-state index in [9.17, 15) is 0 Å². The van der Waals surface area contributed by atoms with Crippen LogP contribution in [0.1, 0.15) is 27.7 Å². The van der Waals surface area contributed by atoms with Gasteiger partial charge in [0.1, 0.15) is 0 Å². The van der Waals surface area contributed by atoms with Gasteiger partial charge in [-0.25, -0.2) is 0 Å². The van der Waals surface area contributed by atoms with Crippen LogP contribution in [-0.4, -0.2) is 11.0 Å². The maximum Gasteiger partial charge on any atom is -0.870 e. The van der Waals surface area contributed by atoms with E-state index < -0.39 is 0 Å². The van der Waals surface area contributed by atoms with Gasteiger partial charge in [0.05, 0.1) is 0 Å². The van der Waals surface area contributed by atoms with E-state index in [1.807, 2.05) is 0 Å². The zero-order valence-electron chi connectivity index (χ0n) is 6.55. The molecule has 0 aliphatic carbocycles. The van der Waals surface area contributed by atoms with E-state index in [1.54, 1.807) is 0 Å². The van der Waals surface area contributed by atoms with Crippen molar-refractivity contribution in [3.8, 4) is 0 Å². The fourth-order valence-electron chi connectivity index (χ4n) is 0.667. The van der Waals surface area contributed by atoms with Crippen molar-refractivity contribution in [1.82, 2.24) is 0 Å². The molecule has 0 unspecified atom stereocenters. The summed E-state index contributed by atoms with van der Waals surface area (Å²) in [4.78, 5) is 0. The van der Waals surface area contributed by atoms with Crippen LogP contribution in [0.3, 0.4) is 0 Å². The molecular weight excluding hydrogens is 152 g/mol. The summed E-state index contributed by atoms with van der Waals surface area (Å²) in [6, 6.07) is 0. The van der Waals surface area contributed by atoms with Crippen LogP contribution >= 0.6 is 0 Å². The van der Waals surface area contributed by atoms with Gasteiger partial charge in [-0.2, -0.15) is 0 Å². The van der Waals surface area contributed by atoms with E-state index >= 15 is 0 Å². The summed E-state index contributed by atoms with van der Waals surface area (Å²) in [5.41, 5.74) is 0. The Labute approximate surface area is 66.6 Å². The topological polar surface area (TPSA) is 60.0 Å². The number of hydrogen-bond donors (Lipinski definition) is 0. The molecule has 0 aliphatic rings. The molecule has 0 atom stereocenters. The maximum atomic E-state index is 2.32. The van der Waals surface area contributed by atoms with Crippen molar-refractivity contribution < 1.29 is 30.1 Å². The Bertz CT molecular complexity index is 40.3. The predicted octanol–water partition coefficient (Wildman–Crippen LogP) is 2.37. The maximum absolute atomic E-state index is 2.32. The molecule has 0 aromatic carbocycles. The van der Waals surface area contributed by atoms with Gasteiger partial charge in [0, 0.05) is 0 Å². The Morgan fingerprint density at radius 2 is 1.00 bits per heavy atom. The van der Waals surface area contributed by atoms with Crippen LogP contribution < -0.4 is 0 Å². The van der Waals surface area contributed by atoms with Gasteiger partial charge < -0.3 is 11.0 Å². The van der Waals surface area contributed by atoms with Crippen molar-refractivity contribution >= 4 is 0 Å². The molecule has 0 saturated carbocycles. The molecule has 0 rings (SSSR count). The summed E-state index contributed by atoms with van der Waals surface area (Å²) in [5.74, 6) is 0. The van der Waals surface area contributed by atoms with Crippen molar-refractivity contribution in [1.29, 1.82) is 0 Å². The van der Waals surface area contributed by atoms with Crippen molar-refractivity contribution in [3.63, 3.8) is 0 Å². The van der Waals surface area contributed by atoms with Gasteiger partial charge in [-0.3, -0.25) is 0 Å². The van der Waals surface area contributed by atoms with E-state index in [0.717, 1.165) is 8.45 Å². The molecule has 0 spiro atoms. The predicted molar refractivity (Wildman–Crippen MR) is 34.1 cm³/mol. The second-order valence-corrected chi connectivity index (χ2v) is 6.60. The standard InChI is InChI=1S/2C3H7.2H2O.Ti/c2*1-3-2;;;/h2*3H,1-2H3;2*1H2;/q;;;;+2/p-2. The number of rotatable bonds is 2. The van der Waals surface area contributed by atoms with Gasteiger partial charge in [0.25, 0.3) is 0 Å². The van der Waals surface area contributed by atoms with Crippen LogP contribution in [0, 0.1) is 0 Å². The van der Waals surface area contributed by atoms with E-state index in [4.69, 9.17) is 0 Å². The molecule has 0 saturated heterocycles. The average molecular weight is 168 g/mol. The van der Waals surface area contributed by atoms with E-state index in [1.165, 1.54) is 0 Å². The third-order valence-corrected chi connectivity index (χ3v) is 2.75. The molecule has 0 fully saturated rings. The van der Waals surface area contributed by atoms with Crippen LogP contribution in [0.2, 0.25) is 8.45 Å². The normalized spacial score (nSPS) is 7.78. The Kier molecular flexibility index (Phi) is 15.7. The monoisotopic (exact) mass is 168 g/mol. The quantitative estimate of drug-likeness (QED) is 0.594. The molecular formula is C6H16O2Ti. The second kappa shape index (κ2) is 8.63. The summed E-state index contributed by atoms with van der Waals surface area (Å²) < 4.78 is 2.00. The summed E-state index contributed by atoms with van der Waals surface area (Å²) >= 11 is 0.389.